The van der Waals surface area contributed by atoms with Crippen LogP contribution in [0.5, 0.6) is 11.5 Å². The number of rotatable bonds is 5. The monoisotopic (exact) mass is 243 g/mol. The highest BCUT2D eigenvalue weighted by Crippen LogP contribution is 2.38. The van der Waals surface area contributed by atoms with Crippen LogP contribution in [-0.2, 0) is 0 Å². The zero-order valence-electron chi connectivity index (χ0n) is 9.98. The van der Waals surface area contributed by atoms with Gasteiger partial charge in [-0.15, -0.1) is 11.8 Å². The zero-order chi connectivity index (χ0) is 12.1. The molecule has 0 aliphatic rings. The maximum absolute atomic E-state index is 9.12. The van der Waals surface area contributed by atoms with Gasteiger partial charge in [0.05, 0.1) is 24.8 Å². The van der Waals surface area contributed by atoms with E-state index in [1.807, 2.05) is 18.4 Å². The molecular formula is C11H17NO3S. The number of hydrogen-bond donors (Lipinski definition) is 1. The number of aliphatic hydroxyl groups excluding tert-OH is 1. The zero-order valence-corrected chi connectivity index (χ0v) is 10.8. The third-order valence-corrected chi connectivity index (χ3v) is 3.07. The van der Waals surface area contributed by atoms with E-state index in [1.165, 1.54) is 0 Å². The van der Waals surface area contributed by atoms with E-state index in [2.05, 4.69) is 0 Å². The predicted octanol–water partition coefficient (Wildman–Crippen LogP) is 1.81. The predicted molar refractivity (Wildman–Crippen MR) is 66.8 cm³/mol. The maximum Gasteiger partial charge on any atom is 0.143 e. The summed E-state index contributed by atoms with van der Waals surface area (Å²) in [6.45, 7) is -0.0713. The fraction of sp³-hybridized carbons (Fsp3) is 0.455. The first kappa shape index (κ1) is 13.0. The number of methoxy groups -OCH3 is 2. The quantitative estimate of drug-likeness (QED) is 0.631. The summed E-state index contributed by atoms with van der Waals surface area (Å²) in [4.78, 5) is 2.69. The smallest absolute Gasteiger partial charge is 0.143 e. The van der Waals surface area contributed by atoms with Crippen molar-refractivity contribution in [2.45, 2.75) is 4.90 Å². The number of anilines is 1. The van der Waals surface area contributed by atoms with Gasteiger partial charge in [-0.3, -0.25) is 0 Å². The van der Waals surface area contributed by atoms with E-state index in [4.69, 9.17) is 14.6 Å². The number of benzene rings is 1. The minimum Gasteiger partial charge on any atom is -0.496 e. The van der Waals surface area contributed by atoms with Gasteiger partial charge in [-0.2, -0.15) is 0 Å². The fourth-order valence-corrected chi connectivity index (χ4v) is 1.96. The Labute approximate surface area is 100 Å². The highest BCUT2D eigenvalue weighted by Gasteiger charge is 2.13. The van der Waals surface area contributed by atoms with Gasteiger partial charge < -0.3 is 19.5 Å². The lowest BCUT2D eigenvalue weighted by atomic mass is 10.2. The molecule has 4 nitrogen and oxygen atoms in total. The molecule has 0 spiro atoms. The van der Waals surface area contributed by atoms with Gasteiger partial charge in [0.15, 0.2) is 0 Å². The molecule has 0 fully saturated rings. The van der Waals surface area contributed by atoms with E-state index in [1.54, 1.807) is 37.9 Å². The highest BCUT2D eigenvalue weighted by atomic mass is 32.2. The van der Waals surface area contributed by atoms with Crippen LogP contribution in [0.3, 0.4) is 0 Å². The van der Waals surface area contributed by atoms with Crippen LogP contribution in [0.2, 0.25) is 0 Å². The average molecular weight is 243 g/mol. The Morgan fingerprint density at radius 3 is 2.31 bits per heavy atom. The Morgan fingerprint density at radius 2 is 1.88 bits per heavy atom. The standard InChI is InChI=1S/C11H17NO3S/c1-12(7-13)8-5-10(15-3)11(16-4)6-9(8)14-2/h5-6,13H,7H2,1-4H3. The first-order valence-corrected chi connectivity index (χ1v) is 6.02. The van der Waals surface area contributed by atoms with Crippen molar-refractivity contribution in [3.63, 3.8) is 0 Å². The van der Waals surface area contributed by atoms with Crippen LogP contribution in [-0.4, -0.2) is 39.4 Å². The second kappa shape index (κ2) is 5.86. The fourth-order valence-electron chi connectivity index (χ4n) is 1.39. The molecule has 1 aromatic carbocycles. The summed E-state index contributed by atoms with van der Waals surface area (Å²) < 4.78 is 10.6. The summed E-state index contributed by atoms with van der Waals surface area (Å²) in [6.07, 6.45) is 1.98. The first-order chi connectivity index (χ1) is 7.67. The van der Waals surface area contributed by atoms with Crippen molar-refractivity contribution in [3.8, 4) is 11.5 Å². The van der Waals surface area contributed by atoms with Crippen LogP contribution in [0.4, 0.5) is 5.69 Å². The highest BCUT2D eigenvalue weighted by molar-refractivity contribution is 7.98. The number of thioether (sulfide) groups is 1. The SMILES string of the molecule is COc1cc(N(C)CO)c(OC)cc1SC. The Hall–Kier alpha value is -1.07. The molecule has 1 N–H and O–H groups in total. The van der Waals surface area contributed by atoms with E-state index >= 15 is 0 Å². The van der Waals surface area contributed by atoms with Crippen molar-refractivity contribution >= 4 is 17.4 Å². The molecule has 0 aliphatic carbocycles. The van der Waals surface area contributed by atoms with Crippen molar-refractivity contribution in [3.05, 3.63) is 12.1 Å². The van der Waals surface area contributed by atoms with Crippen molar-refractivity contribution in [2.75, 3.05) is 39.2 Å². The Kier molecular flexibility index (Phi) is 4.76. The van der Waals surface area contributed by atoms with Crippen molar-refractivity contribution in [1.82, 2.24) is 0 Å². The molecule has 0 unspecified atom stereocenters. The molecule has 0 saturated heterocycles. The summed E-state index contributed by atoms with van der Waals surface area (Å²) in [5.74, 6) is 1.50. The third-order valence-electron chi connectivity index (χ3n) is 2.31. The van der Waals surface area contributed by atoms with E-state index in [0.29, 0.717) is 0 Å². The van der Waals surface area contributed by atoms with Crippen molar-refractivity contribution in [2.24, 2.45) is 0 Å². The molecule has 0 aromatic heterocycles. The van der Waals surface area contributed by atoms with Gasteiger partial charge in [0.25, 0.3) is 0 Å². The van der Waals surface area contributed by atoms with Gasteiger partial charge in [0.1, 0.15) is 18.2 Å². The van der Waals surface area contributed by atoms with Crippen molar-refractivity contribution in [1.29, 1.82) is 0 Å². The molecule has 0 saturated carbocycles. The van der Waals surface area contributed by atoms with E-state index < -0.39 is 0 Å². The van der Waals surface area contributed by atoms with Crippen LogP contribution in [0.25, 0.3) is 0 Å². The van der Waals surface area contributed by atoms with Crippen LogP contribution >= 0.6 is 11.8 Å². The number of nitrogens with zero attached hydrogens (tertiary/aromatic N) is 1. The summed E-state index contributed by atoms with van der Waals surface area (Å²) >= 11 is 1.59. The van der Waals surface area contributed by atoms with Gasteiger partial charge in [-0.1, -0.05) is 0 Å². The number of hydrogen-bond acceptors (Lipinski definition) is 5. The summed E-state index contributed by atoms with van der Waals surface area (Å²) in [7, 11) is 5.03. The van der Waals surface area contributed by atoms with Gasteiger partial charge in [0.2, 0.25) is 0 Å². The molecule has 1 aromatic rings. The van der Waals surface area contributed by atoms with Crippen LogP contribution in [0.1, 0.15) is 0 Å². The normalized spacial score (nSPS) is 10.1. The molecule has 90 valence electrons. The molecule has 0 atom stereocenters. The molecule has 0 radical (unpaired) electrons. The largest absolute Gasteiger partial charge is 0.496 e. The lowest BCUT2D eigenvalue weighted by Gasteiger charge is -2.21. The second-order valence-corrected chi connectivity index (χ2v) is 4.07. The molecule has 0 heterocycles. The van der Waals surface area contributed by atoms with E-state index in [0.717, 1.165) is 22.1 Å². The van der Waals surface area contributed by atoms with Crippen molar-refractivity contribution < 1.29 is 14.6 Å². The molecule has 0 amide bonds. The lowest BCUT2D eigenvalue weighted by Crippen LogP contribution is -2.18. The topological polar surface area (TPSA) is 41.9 Å². The summed E-state index contributed by atoms with van der Waals surface area (Å²) in [6, 6.07) is 3.77. The Balaban J connectivity index is 3.25. The summed E-state index contributed by atoms with van der Waals surface area (Å²) in [5, 5.41) is 9.12. The van der Waals surface area contributed by atoms with E-state index in [9.17, 15) is 0 Å². The van der Waals surface area contributed by atoms with Gasteiger partial charge in [-0.05, 0) is 12.3 Å². The molecule has 0 bridgehead atoms. The average Bonchev–Trinajstić information content (AvgIpc) is 2.35. The van der Waals surface area contributed by atoms with Gasteiger partial charge >= 0.3 is 0 Å². The molecular weight excluding hydrogens is 226 g/mol. The summed E-state index contributed by atoms with van der Waals surface area (Å²) in [5.41, 5.74) is 0.805. The third kappa shape index (κ3) is 2.54. The Morgan fingerprint density at radius 1 is 1.25 bits per heavy atom. The first-order valence-electron chi connectivity index (χ1n) is 4.80. The van der Waals surface area contributed by atoms with Crippen LogP contribution < -0.4 is 14.4 Å². The molecule has 5 heteroatoms. The van der Waals surface area contributed by atoms with Gasteiger partial charge in [-0.25, -0.2) is 0 Å². The molecule has 0 aliphatic heterocycles. The number of aliphatic hydroxyl groups is 1. The van der Waals surface area contributed by atoms with Crippen LogP contribution in [0, 0.1) is 0 Å². The minimum absolute atomic E-state index is 0.0713. The molecule has 1 rings (SSSR count). The van der Waals surface area contributed by atoms with Gasteiger partial charge in [0, 0.05) is 13.1 Å². The van der Waals surface area contributed by atoms with E-state index in [-0.39, 0.29) is 6.73 Å². The second-order valence-electron chi connectivity index (χ2n) is 3.22. The number of ether oxygens (including phenoxy) is 2. The minimum atomic E-state index is -0.0713. The van der Waals surface area contributed by atoms with Crippen LogP contribution in [0.15, 0.2) is 17.0 Å². The maximum atomic E-state index is 9.12. The molecule has 16 heavy (non-hydrogen) atoms. The lowest BCUT2D eigenvalue weighted by molar-refractivity contribution is 0.296. The Bertz CT molecular complexity index is 357.